The predicted molar refractivity (Wildman–Crippen MR) is 60.5 cm³/mol. The van der Waals surface area contributed by atoms with Gasteiger partial charge in [0, 0.05) is 18.5 Å². The highest BCUT2D eigenvalue weighted by molar-refractivity contribution is 5.29. The van der Waals surface area contributed by atoms with E-state index < -0.39 is 5.79 Å². The molecule has 3 nitrogen and oxygen atoms in total. The van der Waals surface area contributed by atoms with Gasteiger partial charge in [-0.15, -0.1) is 0 Å². The van der Waals surface area contributed by atoms with Crippen LogP contribution in [0.3, 0.4) is 0 Å². The lowest BCUT2D eigenvalue weighted by molar-refractivity contribution is -0.176. The lowest BCUT2D eigenvalue weighted by atomic mass is 9.98. The second kappa shape index (κ2) is 4.75. The number of aryl methyl sites for hydroxylation is 1. The van der Waals surface area contributed by atoms with Gasteiger partial charge in [0.15, 0.2) is 5.79 Å². The van der Waals surface area contributed by atoms with Gasteiger partial charge < -0.3 is 15.1 Å². The maximum atomic E-state index is 9.94. The van der Waals surface area contributed by atoms with Crippen LogP contribution in [-0.4, -0.2) is 35.8 Å². The summed E-state index contributed by atoms with van der Waals surface area (Å²) in [7, 11) is 3.82. The van der Waals surface area contributed by atoms with E-state index in [-0.39, 0.29) is 0 Å². The summed E-state index contributed by atoms with van der Waals surface area (Å²) in [6.45, 7) is 2.52. The maximum absolute atomic E-state index is 9.94. The average Bonchev–Trinajstić information content (AvgIpc) is 2.15. The van der Waals surface area contributed by atoms with Crippen LogP contribution in [0.25, 0.3) is 0 Å². The molecule has 0 heterocycles. The first-order valence-corrected chi connectivity index (χ1v) is 5.09. The van der Waals surface area contributed by atoms with Crippen molar-refractivity contribution in [3.8, 4) is 0 Å². The molecule has 0 saturated carbocycles. The summed E-state index contributed by atoms with van der Waals surface area (Å²) in [6, 6.07) is 7.34. The van der Waals surface area contributed by atoms with Gasteiger partial charge in [-0.1, -0.05) is 24.3 Å². The summed E-state index contributed by atoms with van der Waals surface area (Å²) in [4.78, 5) is 1.93. The molecule has 0 aliphatic carbocycles. The van der Waals surface area contributed by atoms with Gasteiger partial charge in [-0.2, -0.15) is 0 Å². The fourth-order valence-electron chi connectivity index (χ4n) is 1.54. The molecule has 0 unspecified atom stereocenters. The smallest absolute Gasteiger partial charge is 0.191 e. The lowest BCUT2D eigenvalue weighted by Crippen LogP contribution is -2.30. The van der Waals surface area contributed by atoms with E-state index in [2.05, 4.69) is 0 Å². The van der Waals surface area contributed by atoms with E-state index >= 15 is 0 Å². The molecule has 0 saturated heterocycles. The zero-order valence-corrected chi connectivity index (χ0v) is 9.57. The monoisotopic (exact) mass is 209 g/mol. The van der Waals surface area contributed by atoms with Gasteiger partial charge in [-0.25, -0.2) is 0 Å². The van der Waals surface area contributed by atoms with Crippen molar-refractivity contribution in [2.75, 3.05) is 20.6 Å². The zero-order chi connectivity index (χ0) is 11.5. The molecule has 84 valence electrons. The van der Waals surface area contributed by atoms with Crippen molar-refractivity contribution in [1.82, 2.24) is 4.90 Å². The largest absolute Gasteiger partial charge is 0.362 e. The van der Waals surface area contributed by atoms with Crippen molar-refractivity contribution in [3.05, 3.63) is 35.4 Å². The van der Waals surface area contributed by atoms with Crippen molar-refractivity contribution in [2.45, 2.75) is 19.1 Å². The Morgan fingerprint density at radius 1 is 1.20 bits per heavy atom. The Labute approximate surface area is 91.0 Å². The molecule has 2 N–H and O–H groups in total. The molecule has 0 radical (unpaired) electrons. The molecular weight excluding hydrogens is 190 g/mol. The first-order valence-electron chi connectivity index (χ1n) is 5.09. The van der Waals surface area contributed by atoms with Gasteiger partial charge in [-0.05, 0) is 26.6 Å². The fraction of sp³-hybridized carbons (Fsp3) is 0.500. The highest BCUT2D eigenvalue weighted by atomic mass is 16.5. The molecule has 15 heavy (non-hydrogen) atoms. The number of hydrogen-bond acceptors (Lipinski definition) is 3. The number of aliphatic hydroxyl groups is 2. The van der Waals surface area contributed by atoms with Crippen LogP contribution >= 0.6 is 0 Å². The fourth-order valence-corrected chi connectivity index (χ4v) is 1.54. The molecule has 0 bridgehead atoms. The Kier molecular flexibility index (Phi) is 3.85. The van der Waals surface area contributed by atoms with Crippen LogP contribution in [0.15, 0.2) is 24.3 Å². The van der Waals surface area contributed by atoms with Gasteiger partial charge in [0.05, 0.1) is 0 Å². The minimum absolute atomic E-state index is 0.310. The van der Waals surface area contributed by atoms with Crippen molar-refractivity contribution >= 4 is 0 Å². The van der Waals surface area contributed by atoms with Crippen LogP contribution in [-0.2, 0) is 5.79 Å². The normalized spacial score (nSPS) is 12.1. The van der Waals surface area contributed by atoms with Gasteiger partial charge in [0.25, 0.3) is 0 Å². The summed E-state index contributed by atoms with van der Waals surface area (Å²) < 4.78 is 0. The van der Waals surface area contributed by atoms with E-state index in [0.29, 0.717) is 18.5 Å². The standard InChI is InChI=1S/C12H19NO2/c1-10-6-4-5-7-11(10)12(14,15)8-9-13(2)3/h4-7,14-15H,8-9H2,1-3H3. The predicted octanol–water partition coefficient (Wildman–Crippen LogP) is 1.08. The lowest BCUT2D eigenvalue weighted by Gasteiger charge is -2.25. The second-order valence-electron chi connectivity index (χ2n) is 4.18. The van der Waals surface area contributed by atoms with Crippen LogP contribution in [0.2, 0.25) is 0 Å². The van der Waals surface area contributed by atoms with E-state index in [1.807, 2.05) is 44.1 Å². The van der Waals surface area contributed by atoms with Crippen LogP contribution in [0.4, 0.5) is 0 Å². The van der Waals surface area contributed by atoms with E-state index in [1.54, 1.807) is 6.07 Å². The first-order chi connectivity index (χ1) is 6.93. The molecule has 0 aromatic heterocycles. The number of rotatable bonds is 4. The number of nitrogens with zero attached hydrogens (tertiary/aromatic N) is 1. The third kappa shape index (κ3) is 3.30. The molecule has 3 heteroatoms. The highest BCUT2D eigenvalue weighted by Crippen LogP contribution is 2.24. The maximum Gasteiger partial charge on any atom is 0.191 e. The Balaban J connectivity index is 2.81. The molecule has 0 fully saturated rings. The van der Waals surface area contributed by atoms with Crippen LogP contribution in [0, 0.1) is 6.92 Å². The van der Waals surface area contributed by atoms with Crippen molar-refractivity contribution in [1.29, 1.82) is 0 Å². The summed E-state index contributed by atoms with van der Waals surface area (Å²) in [6.07, 6.45) is 0.310. The van der Waals surface area contributed by atoms with Crippen molar-refractivity contribution in [3.63, 3.8) is 0 Å². The molecule has 0 aliphatic rings. The summed E-state index contributed by atoms with van der Waals surface area (Å²) in [5.41, 5.74) is 1.49. The van der Waals surface area contributed by atoms with E-state index in [1.165, 1.54) is 0 Å². The summed E-state index contributed by atoms with van der Waals surface area (Å²) in [5.74, 6) is -1.73. The van der Waals surface area contributed by atoms with Crippen molar-refractivity contribution in [2.24, 2.45) is 0 Å². The summed E-state index contributed by atoms with van der Waals surface area (Å²) >= 11 is 0. The van der Waals surface area contributed by atoms with Gasteiger partial charge >= 0.3 is 0 Å². The molecule has 0 aliphatic heterocycles. The first kappa shape index (κ1) is 12.2. The molecular formula is C12H19NO2. The van der Waals surface area contributed by atoms with E-state index in [0.717, 1.165) is 5.56 Å². The van der Waals surface area contributed by atoms with Crippen molar-refractivity contribution < 1.29 is 10.2 Å². The Bertz CT molecular complexity index is 321. The molecule has 0 amide bonds. The third-order valence-corrected chi connectivity index (χ3v) is 2.48. The Morgan fingerprint density at radius 2 is 1.80 bits per heavy atom. The molecule has 0 spiro atoms. The Hall–Kier alpha value is -0.900. The van der Waals surface area contributed by atoms with Crippen LogP contribution in [0.1, 0.15) is 17.5 Å². The van der Waals surface area contributed by atoms with Gasteiger partial charge in [0.1, 0.15) is 0 Å². The number of benzene rings is 1. The zero-order valence-electron chi connectivity index (χ0n) is 9.57. The highest BCUT2D eigenvalue weighted by Gasteiger charge is 2.26. The summed E-state index contributed by atoms with van der Waals surface area (Å²) in [5, 5.41) is 19.9. The molecule has 0 atom stereocenters. The third-order valence-electron chi connectivity index (χ3n) is 2.48. The van der Waals surface area contributed by atoms with E-state index in [4.69, 9.17) is 0 Å². The average molecular weight is 209 g/mol. The Morgan fingerprint density at radius 3 is 2.33 bits per heavy atom. The molecule has 1 rings (SSSR count). The number of hydrogen-bond donors (Lipinski definition) is 2. The second-order valence-corrected chi connectivity index (χ2v) is 4.18. The quantitative estimate of drug-likeness (QED) is 0.729. The van der Waals surface area contributed by atoms with Crippen LogP contribution < -0.4 is 0 Å². The van der Waals surface area contributed by atoms with E-state index in [9.17, 15) is 10.2 Å². The minimum Gasteiger partial charge on any atom is -0.362 e. The molecule has 1 aromatic rings. The SMILES string of the molecule is Cc1ccccc1C(O)(O)CCN(C)C. The van der Waals surface area contributed by atoms with Gasteiger partial charge in [0.2, 0.25) is 0 Å². The minimum atomic E-state index is -1.73. The van der Waals surface area contributed by atoms with Crippen LogP contribution in [0.5, 0.6) is 0 Å². The van der Waals surface area contributed by atoms with Gasteiger partial charge in [-0.3, -0.25) is 0 Å². The molecule has 1 aromatic carbocycles. The topological polar surface area (TPSA) is 43.7 Å².